The number of primary amides is 2. The SMILES string of the molecule is CSCC[C@H](N)C(=O)N1CCC[C@H]1C(=O)N[C@@H](Cc1cnc[nH]1)C(=O)N[C@@H](Cc1ccccc1)C(=O)N[C@@H](C)C(=O)N[C@@H](CC(N)=O)C(=O)N[C@@H](CC(C)C)C(=O)N1CCC[C@H]1C(=O)N[C@@H](CC(C)C)C(=O)N[C@@H](CCCN=C(N)N)C(=O)N[C@@H](Cc1ccccc1)C(N)=O. The third kappa shape index (κ3) is 24.9. The Morgan fingerprint density at radius 1 is 0.568 bits per heavy atom. The highest BCUT2D eigenvalue weighted by Gasteiger charge is 2.42. The van der Waals surface area contributed by atoms with Crippen LogP contribution >= 0.6 is 11.8 Å². The summed E-state index contributed by atoms with van der Waals surface area (Å²) in [6.45, 7) is 9.00. The van der Waals surface area contributed by atoms with E-state index >= 15 is 0 Å². The van der Waals surface area contributed by atoms with Gasteiger partial charge >= 0.3 is 0 Å². The topological polar surface area (TPSA) is 479 Å². The van der Waals surface area contributed by atoms with Crippen LogP contribution in [0, 0.1) is 11.8 Å². The van der Waals surface area contributed by atoms with Crippen molar-refractivity contribution in [1.82, 2.24) is 62.3 Å². The Balaban J connectivity index is 1.29. The van der Waals surface area contributed by atoms with E-state index in [9.17, 15) is 57.5 Å². The maximum atomic E-state index is 14.7. The van der Waals surface area contributed by atoms with Gasteiger partial charge in [0.2, 0.25) is 70.9 Å². The molecule has 0 bridgehead atoms. The minimum atomic E-state index is -1.69. The maximum absolute atomic E-state index is 14.7. The standard InChI is InChI=1S/C64H96N18O12S/c1-36(2)28-45(57(88)74-43(20-13-24-71-64(68)69)55(86)75-44(53(67)84)30-39-16-9-7-10-17-39)78-61(92)51-22-15-26-82(51)63(94)49(29-37(3)4)80-59(90)48(33-52(66)83)76-54(85)38(5)73-56(87)46(31-40-18-11-8-12-19-40)77-58(89)47(32-41-34-70-35-72-41)79-60(91)50-21-14-25-81(50)62(93)42(65)23-27-95-6/h7-12,16-19,34-38,42-51H,13-15,20-33,65H2,1-6H3,(H2,66,83)(H2,67,84)(H,70,72)(H,73,87)(H,74,88)(H,75,86)(H,76,85)(H,77,89)(H,78,92)(H,79,91)(H,80,90)(H4,68,69,71)/t38-,42-,43-,44-,45-,46-,47-,48-,49-,50-,51-/m0/s1. The zero-order chi connectivity index (χ0) is 69.9. The van der Waals surface area contributed by atoms with Gasteiger partial charge in [-0.3, -0.25) is 62.5 Å². The Labute approximate surface area is 557 Å². The van der Waals surface area contributed by atoms with Gasteiger partial charge in [-0.05, 0) is 99.7 Å². The number of rotatable bonds is 38. The minimum Gasteiger partial charge on any atom is -0.370 e. The van der Waals surface area contributed by atoms with E-state index in [4.69, 9.17) is 28.7 Å². The smallest absolute Gasteiger partial charge is 0.245 e. The van der Waals surface area contributed by atoms with E-state index in [1.807, 2.05) is 20.1 Å². The summed E-state index contributed by atoms with van der Waals surface area (Å²) in [5, 5.41) is 21.4. The fraction of sp³-hybridized carbons (Fsp3) is 0.562. The van der Waals surface area contributed by atoms with Crippen LogP contribution in [-0.4, -0.2) is 195 Å². The van der Waals surface area contributed by atoms with Crippen molar-refractivity contribution >= 4 is 88.6 Å². The third-order valence-corrected chi connectivity index (χ3v) is 16.8. The minimum absolute atomic E-state index is 0.0135. The Bertz CT molecular complexity index is 3120. The molecular formula is C64H96N18O12S. The monoisotopic (exact) mass is 1340 g/mol. The number of carbonyl (C=O) groups excluding carboxylic acids is 12. The Morgan fingerprint density at radius 2 is 1.04 bits per heavy atom. The number of nitrogens with zero attached hydrogens (tertiary/aromatic N) is 4. The summed E-state index contributed by atoms with van der Waals surface area (Å²) in [6, 6.07) is 3.88. The molecule has 0 aliphatic carbocycles. The number of hydrogen-bond donors (Lipinski definition) is 14. The lowest BCUT2D eigenvalue weighted by atomic mass is 10.00. The molecule has 30 nitrogen and oxygen atoms in total. The molecule has 0 saturated carbocycles. The molecule has 0 radical (unpaired) electrons. The lowest BCUT2D eigenvalue weighted by Gasteiger charge is -2.32. The van der Waals surface area contributed by atoms with Crippen molar-refractivity contribution in [2.45, 2.75) is 185 Å². The quantitative estimate of drug-likeness (QED) is 0.0166. The molecule has 3 aromatic rings. The molecule has 0 spiro atoms. The fourth-order valence-electron chi connectivity index (χ4n) is 11.2. The average molecular weight is 1340 g/mol. The fourth-order valence-corrected chi connectivity index (χ4v) is 11.7. The van der Waals surface area contributed by atoms with Crippen molar-refractivity contribution in [3.8, 4) is 0 Å². The van der Waals surface area contributed by atoms with Crippen molar-refractivity contribution in [2.75, 3.05) is 31.6 Å². The first-order valence-corrected chi connectivity index (χ1v) is 33.5. The molecule has 2 aliphatic heterocycles. The van der Waals surface area contributed by atoms with Crippen LogP contribution in [0.1, 0.15) is 116 Å². The highest BCUT2D eigenvalue weighted by atomic mass is 32.2. The van der Waals surface area contributed by atoms with E-state index in [-0.39, 0.29) is 88.2 Å². The lowest BCUT2D eigenvalue weighted by molar-refractivity contribution is -0.143. The molecule has 31 heteroatoms. The summed E-state index contributed by atoms with van der Waals surface area (Å²) in [5.74, 6) is -9.17. The number of aromatic nitrogens is 2. The number of likely N-dealkylation sites (tertiary alicyclic amines) is 2. The summed E-state index contributed by atoms with van der Waals surface area (Å²) in [7, 11) is 0. The van der Waals surface area contributed by atoms with Gasteiger partial charge in [0.05, 0.1) is 18.8 Å². The Kier molecular flexibility index (Phi) is 30.9. The van der Waals surface area contributed by atoms with E-state index in [2.05, 4.69) is 57.5 Å². The van der Waals surface area contributed by atoms with Gasteiger partial charge < -0.3 is 86.0 Å². The molecule has 520 valence electrons. The van der Waals surface area contributed by atoms with Crippen LogP contribution in [0.2, 0.25) is 0 Å². The normalized spacial score (nSPS) is 17.3. The van der Waals surface area contributed by atoms with Crippen LogP contribution in [0.4, 0.5) is 0 Å². The van der Waals surface area contributed by atoms with Crippen molar-refractivity contribution < 1.29 is 57.5 Å². The second-order valence-corrected chi connectivity index (χ2v) is 25.9. The highest BCUT2D eigenvalue weighted by molar-refractivity contribution is 7.98. The predicted octanol–water partition coefficient (Wildman–Crippen LogP) is -2.10. The first kappa shape index (κ1) is 76.6. The van der Waals surface area contributed by atoms with Crippen molar-refractivity contribution in [3.63, 3.8) is 0 Å². The molecule has 1 aromatic heterocycles. The molecule has 12 amide bonds. The number of nitrogens with two attached hydrogens (primary N) is 5. The van der Waals surface area contributed by atoms with Gasteiger partial charge in [0, 0.05) is 50.8 Å². The number of amides is 12. The van der Waals surface area contributed by atoms with Crippen molar-refractivity contribution in [3.05, 3.63) is 90.0 Å². The van der Waals surface area contributed by atoms with Crippen LogP contribution in [0.25, 0.3) is 0 Å². The second kappa shape index (κ2) is 38.3. The molecule has 95 heavy (non-hydrogen) atoms. The van der Waals surface area contributed by atoms with Gasteiger partial charge in [0.15, 0.2) is 5.96 Å². The summed E-state index contributed by atoms with van der Waals surface area (Å²) in [6.07, 6.45) is 6.03. The van der Waals surface area contributed by atoms with Crippen LogP contribution in [-0.2, 0) is 76.8 Å². The molecule has 2 saturated heterocycles. The van der Waals surface area contributed by atoms with E-state index in [1.165, 1.54) is 41.0 Å². The van der Waals surface area contributed by atoms with Gasteiger partial charge in [-0.25, -0.2) is 4.98 Å². The summed E-state index contributed by atoms with van der Waals surface area (Å²) >= 11 is 1.54. The van der Waals surface area contributed by atoms with Crippen LogP contribution in [0.15, 0.2) is 78.2 Å². The molecule has 19 N–H and O–H groups in total. The van der Waals surface area contributed by atoms with E-state index in [0.29, 0.717) is 49.2 Å². The first-order chi connectivity index (χ1) is 45.1. The largest absolute Gasteiger partial charge is 0.370 e. The number of carbonyl (C=O) groups is 12. The first-order valence-electron chi connectivity index (χ1n) is 32.1. The van der Waals surface area contributed by atoms with Crippen LogP contribution < -0.4 is 71.2 Å². The number of imidazole rings is 1. The van der Waals surface area contributed by atoms with E-state index < -0.39 is 138 Å². The molecule has 5 rings (SSSR count). The number of hydrogen-bond acceptors (Lipinski definition) is 16. The molecule has 0 unspecified atom stereocenters. The van der Waals surface area contributed by atoms with Crippen molar-refractivity contribution in [1.29, 1.82) is 0 Å². The van der Waals surface area contributed by atoms with Crippen LogP contribution in [0.5, 0.6) is 0 Å². The molecular weight excluding hydrogens is 1240 g/mol. The number of guanidine groups is 1. The molecule has 11 atom stereocenters. The van der Waals surface area contributed by atoms with Crippen LogP contribution in [0.3, 0.4) is 0 Å². The van der Waals surface area contributed by atoms with Gasteiger partial charge in [0.1, 0.15) is 60.4 Å². The van der Waals surface area contributed by atoms with E-state index in [0.717, 1.165) is 5.56 Å². The Morgan fingerprint density at radius 3 is 1.58 bits per heavy atom. The number of nitrogens with one attached hydrogen (secondary N) is 9. The predicted molar refractivity (Wildman–Crippen MR) is 356 cm³/mol. The summed E-state index contributed by atoms with van der Waals surface area (Å²) in [4.78, 5) is 181. The van der Waals surface area contributed by atoms with Gasteiger partial charge in [-0.1, -0.05) is 88.4 Å². The van der Waals surface area contributed by atoms with Gasteiger partial charge in [-0.2, -0.15) is 11.8 Å². The third-order valence-electron chi connectivity index (χ3n) is 16.1. The zero-order valence-corrected chi connectivity index (χ0v) is 55.8. The highest BCUT2D eigenvalue weighted by Crippen LogP contribution is 2.23. The number of benzene rings is 2. The lowest BCUT2D eigenvalue weighted by Crippen LogP contribution is -2.61. The molecule has 2 aliphatic rings. The molecule has 2 aromatic carbocycles. The summed E-state index contributed by atoms with van der Waals surface area (Å²) in [5.41, 5.74) is 30.4. The van der Waals surface area contributed by atoms with Gasteiger partial charge in [-0.15, -0.1) is 0 Å². The summed E-state index contributed by atoms with van der Waals surface area (Å²) < 4.78 is 0. The number of aromatic amines is 1. The Hall–Kier alpha value is -9.13. The molecule has 2 fully saturated rings. The molecule has 3 heterocycles. The average Bonchev–Trinajstić information content (AvgIpc) is 1.68. The van der Waals surface area contributed by atoms with Gasteiger partial charge in [0.25, 0.3) is 0 Å². The van der Waals surface area contributed by atoms with Crippen molar-refractivity contribution in [2.24, 2.45) is 45.5 Å². The number of aliphatic imine (C=N–C) groups is 1. The number of H-pyrrole nitrogens is 1. The van der Waals surface area contributed by atoms with E-state index in [1.54, 1.807) is 74.5 Å². The number of thioether (sulfide) groups is 1. The second-order valence-electron chi connectivity index (χ2n) is 24.9. The maximum Gasteiger partial charge on any atom is 0.245 e. The zero-order valence-electron chi connectivity index (χ0n) is 54.9.